The minimum absolute atomic E-state index is 0.103. The van der Waals surface area contributed by atoms with Crippen LogP contribution in [0.25, 0.3) is 0 Å². The van der Waals surface area contributed by atoms with Crippen molar-refractivity contribution in [3.8, 4) is 0 Å². The van der Waals surface area contributed by atoms with Gasteiger partial charge in [-0.3, -0.25) is 4.79 Å². The van der Waals surface area contributed by atoms with Crippen molar-refractivity contribution in [2.45, 2.75) is 30.9 Å². The van der Waals surface area contributed by atoms with Crippen LogP contribution in [0.2, 0.25) is 0 Å². The number of nitrogens with zero attached hydrogens (tertiary/aromatic N) is 1. The molecule has 1 amide bonds. The molecule has 0 radical (unpaired) electrons. The molecule has 0 aromatic heterocycles. The first kappa shape index (κ1) is 20.5. The Hall–Kier alpha value is -2.22. The van der Waals surface area contributed by atoms with E-state index in [9.17, 15) is 13.2 Å². The molecule has 2 aromatic carbocycles. The predicted molar refractivity (Wildman–Crippen MR) is 107 cm³/mol. The number of nitrogens with one attached hydrogen (secondary N) is 1. The maximum Gasteiger partial charge on any atom is 0.243 e. The quantitative estimate of drug-likeness (QED) is 0.772. The maximum absolute atomic E-state index is 12.8. The Morgan fingerprint density at radius 2 is 1.79 bits per heavy atom. The average Bonchev–Trinajstić information content (AvgIpc) is 2.74. The van der Waals surface area contributed by atoms with Crippen LogP contribution in [-0.2, 0) is 32.7 Å². The topological polar surface area (TPSA) is 75.7 Å². The molecule has 1 unspecified atom stereocenters. The minimum Gasteiger partial charge on any atom is -0.380 e. The van der Waals surface area contributed by atoms with Crippen molar-refractivity contribution >= 4 is 15.9 Å². The minimum atomic E-state index is -3.56. The van der Waals surface area contributed by atoms with Gasteiger partial charge in [-0.05, 0) is 36.1 Å². The largest absolute Gasteiger partial charge is 0.380 e. The molecule has 1 fully saturated rings. The summed E-state index contributed by atoms with van der Waals surface area (Å²) in [6, 6.07) is 16.2. The summed E-state index contributed by atoms with van der Waals surface area (Å²) in [5.74, 6) is -0.436. The number of carbonyl (C=O) groups excluding carboxylic acids is 1. The van der Waals surface area contributed by atoms with Gasteiger partial charge in [-0.2, -0.15) is 4.31 Å². The van der Waals surface area contributed by atoms with Crippen molar-refractivity contribution in [1.29, 1.82) is 0 Å². The van der Waals surface area contributed by atoms with Crippen molar-refractivity contribution in [3.63, 3.8) is 0 Å². The van der Waals surface area contributed by atoms with Crippen molar-refractivity contribution in [1.82, 2.24) is 9.62 Å². The van der Waals surface area contributed by atoms with Gasteiger partial charge in [0.25, 0.3) is 0 Å². The highest BCUT2D eigenvalue weighted by molar-refractivity contribution is 7.89. The highest BCUT2D eigenvalue weighted by atomic mass is 32.2. The van der Waals surface area contributed by atoms with Gasteiger partial charge in [0.05, 0.1) is 17.4 Å². The van der Waals surface area contributed by atoms with Gasteiger partial charge in [-0.15, -0.1) is 0 Å². The molecule has 1 heterocycles. The molecule has 28 heavy (non-hydrogen) atoms. The van der Waals surface area contributed by atoms with Crippen LogP contribution in [0, 0.1) is 5.92 Å². The summed E-state index contributed by atoms with van der Waals surface area (Å²) in [6.45, 7) is 1.65. The van der Waals surface area contributed by atoms with E-state index in [4.69, 9.17) is 4.74 Å². The molecule has 0 bridgehead atoms. The second kappa shape index (κ2) is 9.32. The zero-order valence-corrected chi connectivity index (χ0v) is 16.8. The molecule has 0 saturated carbocycles. The molecular weight excluding hydrogens is 376 g/mol. The molecule has 1 N–H and O–H groups in total. The third kappa shape index (κ3) is 4.98. The molecule has 0 aliphatic carbocycles. The average molecular weight is 403 g/mol. The molecule has 3 rings (SSSR count). The summed E-state index contributed by atoms with van der Waals surface area (Å²) in [5.41, 5.74) is 2.07. The van der Waals surface area contributed by atoms with Gasteiger partial charge < -0.3 is 10.1 Å². The molecule has 1 aliphatic rings. The molecule has 7 heteroatoms. The van der Waals surface area contributed by atoms with Gasteiger partial charge in [-0.1, -0.05) is 42.5 Å². The SMILES string of the molecule is COCc1ccc(CNC(=O)C2CCCN(S(=O)(=O)c3ccccc3)C2)cc1. The number of methoxy groups -OCH3 is 1. The summed E-state index contributed by atoms with van der Waals surface area (Å²) < 4.78 is 32.1. The lowest BCUT2D eigenvalue weighted by atomic mass is 9.98. The van der Waals surface area contributed by atoms with E-state index in [1.165, 1.54) is 4.31 Å². The summed E-state index contributed by atoms with van der Waals surface area (Å²) in [7, 11) is -1.91. The second-order valence-corrected chi connectivity index (χ2v) is 8.92. The Kier molecular flexibility index (Phi) is 6.83. The van der Waals surface area contributed by atoms with Crippen LogP contribution in [-0.4, -0.2) is 38.8 Å². The van der Waals surface area contributed by atoms with E-state index in [0.717, 1.165) is 11.1 Å². The first-order valence-corrected chi connectivity index (χ1v) is 10.8. The smallest absolute Gasteiger partial charge is 0.243 e. The lowest BCUT2D eigenvalue weighted by molar-refractivity contribution is -0.126. The van der Waals surface area contributed by atoms with Gasteiger partial charge in [-0.25, -0.2) is 8.42 Å². The van der Waals surface area contributed by atoms with Crippen LogP contribution in [0.3, 0.4) is 0 Å². The number of amides is 1. The number of hydrogen-bond donors (Lipinski definition) is 1. The highest BCUT2D eigenvalue weighted by Gasteiger charge is 2.33. The van der Waals surface area contributed by atoms with E-state index >= 15 is 0 Å². The van der Waals surface area contributed by atoms with Gasteiger partial charge in [0.1, 0.15) is 0 Å². The van der Waals surface area contributed by atoms with Crippen LogP contribution in [0.1, 0.15) is 24.0 Å². The van der Waals surface area contributed by atoms with Gasteiger partial charge >= 0.3 is 0 Å². The first-order chi connectivity index (χ1) is 13.5. The maximum atomic E-state index is 12.8. The Morgan fingerprint density at radius 1 is 1.11 bits per heavy atom. The normalized spacial score (nSPS) is 18.0. The van der Waals surface area contributed by atoms with E-state index in [1.807, 2.05) is 24.3 Å². The molecule has 2 aromatic rings. The standard InChI is InChI=1S/C21H26N2O4S/c1-27-16-18-11-9-17(10-12-18)14-22-21(24)19-6-5-13-23(15-19)28(25,26)20-7-3-2-4-8-20/h2-4,7-12,19H,5-6,13-16H2,1H3,(H,22,24). The Bertz CT molecular complexity index is 882. The van der Waals surface area contributed by atoms with Crippen molar-refractivity contribution in [2.24, 2.45) is 5.92 Å². The van der Waals surface area contributed by atoms with Crippen LogP contribution in [0.5, 0.6) is 0 Å². The summed E-state index contributed by atoms with van der Waals surface area (Å²) in [5, 5.41) is 2.94. The molecule has 150 valence electrons. The molecular formula is C21H26N2O4S. The fourth-order valence-corrected chi connectivity index (χ4v) is 4.91. The highest BCUT2D eigenvalue weighted by Crippen LogP contribution is 2.23. The fourth-order valence-electron chi connectivity index (χ4n) is 3.37. The third-order valence-electron chi connectivity index (χ3n) is 4.94. The zero-order valence-electron chi connectivity index (χ0n) is 16.0. The number of piperidine rings is 1. The number of sulfonamides is 1. The molecule has 1 saturated heterocycles. The Labute approximate surface area is 166 Å². The number of benzene rings is 2. The fraction of sp³-hybridized carbons (Fsp3) is 0.381. The lowest BCUT2D eigenvalue weighted by Crippen LogP contribution is -2.45. The van der Waals surface area contributed by atoms with Gasteiger partial charge in [0.2, 0.25) is 15.9 Å². The van der Waals surface area contributed by atoms with Crippen LogP contribution < -0.4 is 5.32 Å². The van der Waals surface area contributed by atoms with Crippen LogP contribution in [0.15, 0.2) is 59.5 Å². The van der Waals surface area contributed by atoms with E-state index in [2.05, 4.69) is 5.32 Å². The van der Waals surface area contributed by atoms with Crippen LogP contribution in [0.4, 0.5) is 0 Å². The predicted octanol–water partition coefficient (Wildman–Crippen LogP) is 2.55. The van der Waals surface area contributed by atoms with Gasteiger partial charge in [0.15, 0.2) is 0 Å². The number of carbonyl (C=O) groups is 1. The van der Waals surface area contributed by atoms with E-state index < -0.39 is 10.0 Å². The zero-order chi connectivity index (χ0) is 20.0. The van der Waals surface area contributed by atoms with E-state index in [1.54, 1.807) is 37.4 Å². The van der Waals surface area contributed by atoms with Gasteiger partial charge in [0, 0.05) is 26.7 Å². The molecule has 1 atom stereocenters. The number of rotatable bonds is 7. The van der Waals surface area contributed by atoms with Crippen LogP contribution >= 0.6 is 0 Å². The molecule has 1 aliphatic heterocycles. The number of hydrogen-bond acceptors (Lipinski definition) is 4. The monoisotopic (exact) mass is 402 g/mol. The molecule has 0 spiro atoms. The Balaban J connectivity index is 1.58. The van der Waals surface area contributed by atoms with Crippen molar-refractivity contribution in [3.05, 3.63) is 65.7 Å². The van der Waals surface area contributed by atoms with E-state index in [0.29, 0.717) is 32.5 Å². The second-order valence-electron chi connectivity index (χ2n) is 6.98. The van der Waals surface area contributed by atoms with Crippen molar-refractivity contribution in [2.75, 3.05) is 20.2 Å². The summed E-state index contributed by atoms with van der Waals surface area (Å²) in [6.07, 6.45) is 1.37. The summed E-state index contributed by atoms with van der Waals surface area (Å²) in [4.78, 5) is 12.9. The van der Waals surface area contributed by atoms with Crippen molar-refractivity contribution < 1.29 is 17.9 Å². The Morgan fingerprint density at radius 3 is 2.46 bits per heavy atom. The lowest BCUT2D eigenvalue weighted by Gasteiger charge is -2.31. The van der Waals surface area contributed by atoms with E-state index in [-0.39, 0.29) is 23.3 Å². The number of ether oxygens (including phenoxy) is 1. The summed E-state index contributed by atoms with van der Waals surface area (Å²) >= 11 is 0. The molecule has 6 nitrogen and oxygen atoms in total. The first-order valence-electron chi connectivity index (χ1n) is 9.40. The third-order valence-corrected chi connectivity index (χ3v) is 6.82.